The molecular formula is C25H20O7S. The lowest BCUT2D eigenvalue weighted by Crippen LogP contribution is -2.14. The normalized spacial score (nSPS) is 12.5. The molecule has 168 valence electrons. The van der Waals surface area contributed by atoms with Gasteiger partial charge in [0.25, 0.3) is 0 Å². The first kappa shape index (κ1) is 21.1. The highest BCUT2D eigenvalue weighted by molar-refractivity contribution is 7.99. The summed E-state index contributed by atoms with van der Waals surface area (Å²) < 4.78 is 11.1. The number of aromatic hydroxyl groups is 4. The lowest BCUT2D eigenvalue weighted by atomic mass is 10.00. The summed E-state index contributed by atoms with van der Waals surface area (Å²) in [5, 5.41) is 42.2. The molecule has 0 bridgehead atoms. The highest BCUT2D eigenvalue weighted by Gasteiger charge is 2.28. The average molecular weight is 464 g/mol. The number of phenols is 4. The Hall–Kier alpha value is -3.78. The van der Waals surface area contributed by atoms with Gasteiger partial charge in [-0.25, -0.2) is 4.79 Å². The lowest BCUT2D eigenvalue weighted by molar-refractivity contribution is 0.358. The molecule has 4 N–H and O–H groups in total. The number of ether oxygens (including phenoxy) is 1. The number of hydrogen-bond acceptors (Lipinski definition) is 8. The Bertz CT molecular complexity index is 1510. The summed E-state index contributed by atoms with van der Waals surface area (Å²) in [5.74, 6) is -1.17. The van der Waals surface area contributed by atoms with Crippen molar-refractivity contribution in [3.8, 4) is 34.5 Å². The maximum Gasteiger partial charge on any atom is 0.341 e. The Labute approximate surface area is 192 Å². The predicted octanol–water partition coefficient (Wildman–Crippen LogP) is 5.39. The van der Waals surface area contributed by atoms with Crippen LogP contribution in [0.5, 0.6) is 34.5 Å². The van der Waals surface area contributed by atoms with Crippen molar-refractivity contribution < 1.29 is 29.6 Å². The number of fused-ring (bicyclic) bond motifs is 4. The quantitative estimate of drug-likeness (QED) is 0.257. The third-order valence-electron chi connectivity index (χ3n) is 5.66. The molecule has 0 fully saturated rings. The Morgan fingerprint density at radius 1 is 0.879 bits per heavy atom. The molecule has 1 aliphatic rings. The smallest absolute Gasteiger partial charge is 0.341 e. The zero-order chi connectivity index (χ0) is 23.6. The molecule has 0 radical (unpaired) electrons. The summed E-state index contributed by atoms with van der Waals surface area (Å²) in [6.07, 6.45) is 0.214. The lowest BCUT2D eigenvalue weighted by Gasteiger charge is -2.22. The first-order chi connectivity index (χ1) is 15.6. The van der Waals surface area contributed by atoms with Crippen LogP contribution in [0.25, 0.3) is 11.0 Å². The molecule has 2 heterocycles. The number of rotatable bonds is 2. The van der Waals surface area contributed by atoms with E-state index in [4.69, 9.17) is 9.15 Å². The van der Waals surface area contributed by atoms with Crippen LogP contribution in [0.3, 0.4) is 0 Å². The van der Waals surface area contributed by atoms with Crippen molar-refractivity contribution >= 4 is 22.7 Å². The Morgan fingerprint density at radius 3 is 2.21 bits per heavy atom. The Morgan fingerprint density at radius 2 is 1.52 bits per heavy atom. The van der Waals surface area contributed by atoms with Gasteiger partial charge in [-0.15, -0.1) is 0 Å². The van der Waals surface area contributed by atoms with Gasteiger partial charge in [0, 0.05) is 27.2 Å². The summed E-state index contributed by atoms with van der Waals surface area (Å²) in [7, 11) is 0. The van der Waals surface area contributed by atoms with Gasteiger partial charge >= 0.3 is 5.63 Å². The van der Waals surface area contributed by atoms with Crippen molar-refractivity contribution in [1.29, 1.82) is 0 Å². The van der Waals surface area contributed by atoms with Gasteiger partial charge in [-0.3, -0.25) is 0 Å². The van der Waals surface area contributed by atoms with E-state index in [9.17, 15) is 25.2 Å². The van der Waals surface area contributed by atoms with E-state index in [0.29, 0.717) is 32.5 Å². The molecule has 0 spiro atoms. The Balaban J connectivity index is 1.69. The molecule has 0 saturated carbocycles. The van der Waals surface area contributed by atoms with Crippen molar-refractivity contribution in [3.63, 3.8) is 0 Å². The minimum atomic E-state index is -0.622. The standard InChI is InChI=1S/C25H20O7S/c1-10-5-16(27)22(17(28)6-10)31-18-8-12(3)20-23(21(18)29)32-25(30)14-9-13-15(26)4-11(2)7-19(13)33-24(14)20/h4-8,26-29H,9H2,1-3H3. The van der Waals surface area contributed by atoms with Crippen LogP contribution >= 0.6 is 11.8 Å². The topological polar surface area (TPSA) is 120 Å². The average Bonchev–Trinajstić information content (AvgIpc) is 2.72. The van der Waals surface area contributed by atoms with E-state index >= 15 is 0 Å². The molecule has 5 rings (SSSR count). The molecule has 0 aliphatic carbocycles. The zero-order valence-electron chi connectivity index (χ0n) is 18.0. The minimum Gasteiger partial charge on any atom is -0.508 e. The number of aryl methyl sites for hydroxylation is 3. The van der Waals surface area contributed by atoms with Crippen LogP contribution < -0.4 is 10.4 Å². The SMILES string of the molecule is Cc1cc(O)c(Oc2cc(C)c3c4c(c(=O)oc3c2O)Cc2c(O)cc(C)cc2S4)c(O)c1. The highest BCUT2D eigenvalue weighted by Crippen LogP contribution is 2.50. The van der Waals surface area contributed by atoms with Crippen molar-refractivity contribution in [2.75, 3.05) is 0 Å². The second-order valence-electron chi connectivity index (χ2n) is 8.22. The number of hydrogen-bond donors (Lipinski definition) is 4. The van der Waals surface area contributed by atoms with E-state index in [0.717, 1.165) is 10.5 Å². The van der Waals surface area contributed by atoms with Gasteiger partial charge in [0.2, 0.25) is 11.5 Å². The van der Waals surface area contributed by atoms with Gasteiger partial charge in [-0.05, 0) is 67.8 Å². The zero-order valence-corrected chi connectivity index (χ0v) is 18.8. The number of benzene rings is 3. The molecule has 0 saturated heterocycles. The summed E-state index contributed by atoms with van der Waals surface area (Å²) in [4.78, 5) is 14.3. The van der Waals surface area contributed by atoms with Gasteiger partial charge in [0.05, 0.1) is 5.56 Å². The van der Waals surface area contributed by atoms with Crippen molar-refractivity contribution in [1.82, 2.24) is 0 Å². The largest absolute Gasteiger partial charge is 0.508 e. The maximum absolute atomic E-state index is 12.9. The number of phenolic OH excluding ortho intramolecular Hbond substituents is 4. The first-order valence-corrected chi connectivity index (χ1v) is 11.0. The fourth-order valence-electron chi connectivity index (χ4n) is 4.14. The fourth-order valence-corrected chi connectivity index (χ4v) is 5.54. The van der Waals surface area contributed by atoms with Crippen LogP contribution in [0.4, 0.5) is 0 Å². The minimum absolute atomic E-state index is 0.0485. The van der Waals surface area contributed by atoms with E-state index < -0.39 is 11.4 Å². The van der Waals surface area contributed by atoms with Crippen LogP contribution in [0.2, 0.25) is 0 Å². The fraction of sp³-hybridized carbons (Fsp3) is 0.160. The van der Waals surface area contributed by atoms with Gasteiger partial charge in [-0.2, -0.15) is 0 Å². The van der Waals surface area contributed by atoms with Crippen molar-refractivity contribution in [3.05, 3.63) is 68.6 Å². The van der Waals surface area contributed by atoms with Crippen LogP contribution in [-0.2, 0) is 6.42 Å². The molecule has 1 aliphatic heterocycles. The predicted molar refractivity (Wildman–Crippen MR) is 123 cm³/mol. The molecule has 0 unspecified atom stereocenters. The summed E-state index contributed by atoms with van der Waals surface area (Å²) >= 11 is 1.34. The molecule has 0 amide bonds. The molecule has 0 atom stereocenters. The maximum atomic E-state index is 12.9. The molecule has 3 aromatic carbocycles. The van der Waals surface area contributed by atoms with Crippen LogP contribution in [0.15, 0.2) is 49.3 Å². The van der Waals surface area contributed by atoms with Gasteiger partial charge < -0.3 is 29.6 Å². The van der Waals surface area contributed by atoms with Crippen LogP contribution in [0, 0.1) is 20.8 Å². The van der Waals surface area contributed by atoms with Gasteiger partial charge in [0.1, 0.15) is 5.75 Å². The first-order valence-electron chi connectivity index (χ1n) is 10.2. The highest BCUT2D eigenvalue weighted by atomic mass is 32.2. The third-order valence-corrected chi connectivity index (χ3v) is 6.90. The summed E-state index contributed by atoms with van der Waals surface area (Å²) in [6, 6.07) is 7.99. The molecule has 7 nitrogen and oxygen atoms in total. The van der Waals surface area contributed by atoms with Crippen molar-refractivity contribution in [2.24, 2.45) is 0 Å². The molecule has 33 heavy (non-hydrogen) atoms. The monoisotopic (exact) mass is 464 g/mol. The third kappa shape index (κ3) is 3.34. The summed E-state index contributed by atoms with van der Waals surface area (Å²) in [5.41, 5.74) is 2.59. The van der Waals surface area contributed by atoms with E-state index in [-0.39, 0.29) is 40.8 Å². The van der Waals surface area contributed by atoms with Gasteiger partial charge in [-0.1, -0.05) is 11.8 Å². The van der Waals surface area contributed by atoms with E-state index in [1.54, 1.807) is 26.0 Å². The Kier molecular flexibility index (Phi) is 4.72. The summed E-state index contributed by atoms with van der Waals surface area (Å²) in [6.45, 7) is 5.37. The van der Waals surface area contributed by atoms with E-state index in [1.165, 1.54) is 23.9 Å². The van der Waals surface area contributed by atoms with E-state index in [2.05, 4.69) is 0 Å². The van der Waals surface area contributed by atoms with E-state index in [1.807, 2.05) is 13.0 Å². The van der Waals surface area contributed by atoms with Crippen molar-refractivity contribution in [2.45, 2.75) is 37.0 Å². The second kappa shape index (κ2) is 7.38. The van der Waals surface area contributed by atoms with Gasteiger partial charge in [0.15, 0.2) is 22.8 Å². The molecule has 4 aromatic rings. The van der Waals surface area contributed by atoms with Crippen LogP contribution in [-0.4, -0.2) is 20.4 Å². The molecule has 1 aromatic heterocycles. The van der Waals surface area contributed by atoms with Crippen LogP contribution in [0.1, 0.15) is 27.8 Å². The molecule has 8 heteroatoms. The second-order valence-corrected chi connectivity index (χ2v) is 9.27. The molecular weight excluding hydrogens is 444 g/mol.